The summed E-state index contributed by atoms with van der Waals surface area (Å²) in [4.78, 5) is 14.2. The Kier molecular flexibility index (Phi) is 4.91. The molecule has 0 aromatic heterocycles. The van der Waals surface area contributed by atoms with Gasteiger partial charge in [0.15, 0.2) is 0 Å². The summed E-state index contributed by atoms with van der Waals surface area (Å²) < 4.78 is 0. The Balaban J connectivity index is 2.04. The van der Waals surface area contributed by atoms with E-state index >= 15 is 0 Å². The van der Waals surface area contributed by atoms with E-state index in [2.05, 4.69) is 10.2 Å². The summed E-state index contributed by atoms with van der Waals surface area (Å²) in [6.07, 6.45) is 0.400. The topological polar surface area (TPSA) is 32.3 Å². The van der Waals surface area contributed by atoms with E-state index in [0.717, 1.165) is 23.4 Å². The van der Waals surface area contributed by atoms with E-state index in [9.17, 15) is 4.79 Å². The van der Waals surface area contributed by atoms with Crippen molar-refractivity contribution in [2.24, 2.45) is 0 Å². The Morgan fingerprint density at radius 3 is 2.35 bits per heavy atom. The van der Waals surface area contributed by atoms with Gasteiger partial charge in [0, 0.05) is 12.2 Å². The van der Waals surface area contributed by atoms with E-state index in [1.165, 1.54) is 0 Å². The fraction of sp³-hybridized carbons (Fsp3) is 0.235. The smallest absolute Gasteiger partial charge is 0.228 e. The van der Waals surface area contributed by atoms with Crippen LogP contribution in [0.25, 0.3) is 0 Å². The van der Waals surface area contributed by atoms with Crippen LogP contribution in [0.3, 0.4) is 0 Å². The van der Waals surface area contributed by atoms with E-state index in [1.54, 1.807) is 0 Å². The predicted octanol–water partition coefficient (Wildman–Crippen LogP) is 2.93. The van der Waals surface area contributed by atoms with Crippen molar-refractivity contribution in [1.29, 1.82) is 0 Å². The zero-order valence-electron chi connectivity index (χ0n) is 12.0. The molecule has 20 heavy (non-hydrogen) atoms. The molecule has 0 spiro atoms. The van der Waals surface area contributed by atoms with Crippen molar-refractivity contribution in [2.45, 2.75) is 13.0 Å². The molecule has 0 atom stereocenters. The summed E-state index contributed by atoms with van der Waals surface area (Å²) in [7, 11) is 4.03. The Hall–Kier alpha value is -2.13. The van der Waals surface area contributed by atoms with Gasteiger partial charge in [-0.15, -0.1) is 0 Å². The highest BCUT2D eigenvalue weighted by molar-refractivity contribution is 5.92. The Morgan fingerprint density at radius 1 is 1.00 bits per heavy atom. The van der Waals surface area contributed by atoms with Gasteiger partial charge in [-0.3, -0.25) is 4.79 Å². The lowest BCUT2D eigenvalue weighted by Gasteiger charge is -2.14. The first-order chi connectivity index (χ1) is 9.65. The molecule has 104 valence electrons. The number of nitrogens with one attached hydrogen (secondary N) is 1. The molecule has 0 bridgehead atoms. The Morgan fingerprint density at radius 2 is 1.65 bits per heavy atom. The summed E-state index contributed by atoms with van der Waals surface area (Å²) >= 11 is 0. The summed E-state index contributed by atoms with van der Waals surface area (Å²) in [6, 6.07) is 17.7. The zero-order valence-corrected chi connectivity index (χ0v) is 12.0. The number of carbonyl (C=O) groups excluding carboxylic acids is 1. The maximum absolute atomic E-state index is 12.1. The standard InChI is InChI=1S/C17H20N2O/c1-19(2)13-15-10-6-7-11-16(15)18-17(20)12-14-8-4-3-5-9-14/h3-11H,12-13H2,1-2H3,(H,18,20). The minimum Gasteiger partial charge on any atom is -0.325 e. The highest BCUT2D eigenvalue weighted by Crippen LogP contribution is 2.16. The van der Waals surface area contributed by atoms with Gasteiger partial charge in [0.25, 0.3) is 0 Å². The van der Waals surface area contributed by atoms with Gasteiger partial charge in [-0.25, -0.2) is 0 Å². The van der Waals surface area contributed by atoms with Gasteiger partial charge in [-0.05, 0) is 31.3 Å². The normalized spacial score (nSPS) is 10.6. The lowest BCUT2D eigenvalue weighted by molar-refractivity contribution is -0.115. The molecule has 2 aromatic rings. The largest absolute Gasteiger partial charge is 0.325 e. The third-order valence-electron chi connectivity index (χ3n) is 2.99. The zero-order chi connectivity index (χ0) is 14.4. The van der Waals surface area contributed by atoms with Gasteiger partial charge < -0.3 is 10.2 Å². The summed E-state index contributed by atoms with van der Waals surface area (Å²) in [6.45, 7) is 0.807. The van der Waals surface area contributed by atoms with E-state index in [0.29, 0.717) is 6.42 Å². The molecule has 0 aliphatic carbocycles. The van der Waals surface area contributed by atoms with Crippen LogP contribution in [0.4, 0.5) is 5.69 Å². The molecule has 0 radical (unpaired) electrons. The molecular formula is C17H20N2O. The molecule has 0 aliphatic heterocycles. The van der Waals surface area contributed by atoms with Gasteiger partial charge in [0.05, 0.1) is 6.42 Å². The highest BCUT2D eigenvalue weighted by Gasteiger charge is 2.07. The summed E-state index contributed by atoms with van der Waals surface area (Å²) in [5.41, 5.74) is 3.04. The van der Waals surface area contributed by atoms with Crippen LogP contribution < -0.4 is 5.32 Å². The third-order valence-corrected chi connectivity index (χ3v) is 2.99. The quantitative estimate of drug-likeness (QED) is 0.904. The van der Waals surface area contributed by atoms with E-state index in [-0.39, 0.29) is 5.91 Å². The average molecular weight is 268 g/mol. The van der Waals surface area contributed by atoms with Crippen LogP contribution in [0, 0.1) is 0 Å². The molecule has 0 saturated heterocycles. The maximum Gasteiger partial charge on any atom is 0.228 e. The number of hydrogen-bond donors (Lipinski definition) is 1. The fourth-order valence-electron chi connectivity index (χ4n) is 2.10. The number of benzene rings is 2. The number of amides is 1. The number of carbonyl (C=O) groups is 1. The first-order valence-electron chi connectivity index (χ1n) is 6.71. The molecule has 0 heterocycles. The van der Waals surface area contributed by atoms with Crippen molar-refractivity contribution < 1.29 is 4.79 Å². The van der Waals surface area contributed by atoms with Gasteiger partial charge in [0.1, 0.15) is 0 Å². The van der Waals surface area contributed by atoms with Crippen LogP contribution in [0.2, 0.25) is 0 Å². The first kappa shape index (κ1) is 14.3. The second kappa shape index (κ2) is 6.87. The predicted molar refractivity (Wildman–Crippen MR) is 82.6 cm³/mol. The molecule has 3 nitrogen and oxygen atoms in total. The van der Waals surface area contributed by atoms with Gasteiger partial charge in [-0.2, -0.15) is 0 Å². The molecule has 2 aromatic carbocycles. The first-order valence-corrected chi connectivity index (χ1v) is 6.71. The molecule has 0 fully saturated rings. The number of nitrogens with zero attached hydrogens (tertiary/aromatic N) is 1. The van der Waals surface area contributed by atoms with Crippen molar-refractivity contribution >= 4 is 11.6 Å². The van der Waals surface area contributed by atoms with Gasteiger partial charge in [-0.1, -0.05) is 48.5 Å². The monoisotopic (exact) mass is 268 g/mol. The van der Waals surface area contributed by atoms with Crippen LogP contribution in [0.1, 0.15) is 11.1 Å². The number of anilines is 1. The molecule has 0 unspecified atom stereocenters. The minimum atomic E-state index is 0.0161. The van der Waals surface area contributed by atoms with Crippen molar-refractivity contribution in [3.8, 4) is 0 Å². The number of rotatable bonds is 5. The fourth-order valence-corrected chi connectivity index (χ4v) is 2.10. The molecule has 2 rings (SSSR count). The van der Waals surface area contributed by atoms with Crippen molar-refractivity contribution in [2.75, 3.05) is 19.4 Å². The van der Waals surface area contributed by atoms with Crippen LogP contribution in [-0.4, -0.2) is 24.9 Å². The van der Waals surface area contributed by atoms with Crippen LogP contribution in [0.5, 0.6) is 0 Å². The second-order valence-electron chi connectivity index (χ2n) is 5.11. The molecule has 1 amide bonds. The Labute approximate surface area is 120 Å². The van der Waals surface area contributed by atoms with Gasteiger partial charge in [0.2, 0.25) is 5.91 Å². The molecule has 3 heteroatoms. The highest BCUT2D eigenvalue weighted by atomic mass is 16.1. The lowest BCUT2D eigenvalue weighted by Crippen LogP contribution is -2.18. The van der Waals surface area contributed by atoms with E-state index < -0.39 is 0 Å². The van der Waals surface area contributed by atoms with Crippen LogP contribution >= 0.6 is 0 Å². The number of hydrogen-bond acceptors (Lipinski definition) is 2. The summed E-state index contributed by atoms with van der Waals surface area (Å²) in [5.74, 6) is 0.0161. The van der Waals surface area contributed by atoms with E-state index in [1.807, 2.05) is 68.7 Å². The minimum absolute atomic E-state index is 0.0161. The number of para-hydroxylation sites is 1. The van der Waals surface area contributed by atoms with Crippen LogP contribution in [-0.2, 0) is 17.8 Å². The molecular weight excluding hydrogens is 248 g/mol. The summed E-state index contributed by atoms with van der Waals surface area (Å²) in [5, 5.41) is 3.00. The third kappa shape index (κ3) is 4.21. The van der Waals surface area contributed by atoms with E-state index in [4.69, 9.17) is 0 Å². The maximum atomic E-state index is 12.1. The second-order valence-corrected chi connectivity index (χ2v) is 5.11. The van der Waals surface area contributed by atoms with Crippen molar-refractivity contribution in [3.63, 3.8) is 0 Å². The lowest BCUT2D eigenvalue weighted by atomic mass is 10.1. The molecule has 0 aliphatic rings. The average Bonchev–Trinajstić information content (AvgIpc) is 2.41. The van der Waals surface area contributed by atoms with Gasteiger partial charge >= 0.3 is 0 Å². The molecule has 0 saturated carbocycles. The SMILES string of the molecule is CN(C)Cc1ccccc1NC(=O)Cc1ccccc1. The van der Waals surface area contributed by atoms with Crippen LogP contribution in [0.15, 0.2) is 54.6 Å². The van der Waals surface area contributed by atoms with Crippen molar-refractivity contribution in [3.05, 3.63) is 65.7 Å². The van der Waals surface area contributed by atoms with Crippen molar-refractivity contribution in [1.82, 2.24) is 4.90 Å². The Bertz CT molecular complexity index is 564. The molecule has 1 N–H and O–H groups in total.